The molecule has 30 heavy (non-hydrogen) atoms. The molecule has 0 saturated carbocycles. The summed E-state index contributed by atoms with van der Waals surface area (Å²) in [6.07, 6.45) is 0.821. The van der Waals surface area contributed by atoms with Crippen LogP contribution in [-0.4, -0.2) is 35.1 Å². The van der Waals surface area contributed by atoms with Gasteiger partial charge in [-0.25, -0.2) is 0 Å². The summed E-state index contributed by atoms with van der Waals surface area (Å²) in [5, 5.41) is 3.80. The molecule has 0 heterocycles. The lowest BCUT2D eigenvalue weighted by atomic mass is 10.1. The fourth-order valence-corrected chi connectivity index (χ4v) is 4.46. The van der Waals surface area contributed by atoms with E-state index in [9.17, 15) is 9.59 Å². The highest BCUT2D eigenvalue weighted by atomic mass is 35.5. The summed E-state index contributed by atoms with van der Waals surface area (Å²) in [7, 11) is 0. The average molecular weight is 467 g/mol. The van der Waals surface area contributed by atoms with Gasteiger partial charge in [0.1, 0.15) is 6.04 Å². The number of aryl methyl sites for hydroxylation is 1. The van der Waals surface area contributed by atoms with Crippen LogP contribution in [0.1, 0.15) is 37.8 Å². The van der Waals surface area contributed by atoms with E-state index in [0.29, 0.717) is 40.7 Å². The second-order valence-electron chi connectivity index (χ2n) is 6.95. The number of likely N-dealkylation sites (N-methyl/N-ethyl adjacent to an activating group) is 1. The second kappa shape index (κ2) is 12.2. The second-order valence-corrected chi connectivity index (χ2v) is 8.93. The first-order valence-electron chi connectivity index (χ1n) is 10.1. The van der Waals surface area contributed by atoms with Gasteiger partial charge in [-0.15, -0.1) is 11.8 Å². The molecule has 4 nitrogen and oxygen atoms in total. The highest BCUT2D eigenvalue weighted by Gasteiger charge is 2.29. The maximum Gasteiger partial charge on any atom is 0.242 e. The average Bonchev–Trinajstić information content (AvgIpc) is 2.71. The molecule has 0 spiro atoms. The van der Waals surface area contributed by atoms with Crippen molar-refractivity contribution in [3.05, 3.63) is 63.6 Å². The van der Waals surface area contributed by atoms with Crippen molar-refractivity contribution in [2.45, 2.75) is 51.1 Å². The number of nitrogens with one attached hydrogen (secondary N) is 1. The SMILES string of the molecule is CCNC(=O)[C@@H](CC)N(Cc1c(Cl)cccc1Cl)C(=O)CCSc1ccc(C)cc1. The molecule has 2 aromatic rings. The number of carbonyl (C=O) groups is 2. The highest BCUT2D eigenvalue weighted by Crippen LogP contribution is 2.28. The van der Waals surface area contributed by atoms with Crippen LogP contribution in [0.5, 0.6) is 0 Å². The third kappa shape index (κ3) is 6.93. The standard InChI is InChI=1S/C23H28Cl2N2O2S/c1-4-21(23(29)26-5-2)27(15-18-19(24)7-6-8-20(18)25)22(28)13-14-30-17-11-9-16(3)10-12-17/h6-12,21H,4-5,13-15H2,1-3H3,(H,26,29)/t21-/m1/s1. The number of carbonyl (C=O) groups excluding carboxylic acids is 2. The van der Waals surface area contributed by atoms with Crippen LogP contribution in [0.25, 0.3) is 0 Å². The molecule has 162 valence electrons. The van der Waals surface area contributed by atoms with Gasteiger partial charge < -0.3 is 10.2 Å². The predicted octanol–water partition coefficient (Wildman–Crippen LogP) is 5.73. The molecular formula is C23H28Cl2N2O2S. The zero-order chi connectivity index (χ0) is 22.1. The zero-order valence-electron chi connectivity index (χ0n) is 17.6. The summed E-state index contributed by atoms with van der Waals surface area (Å²) < 4.78 is 0. The number of nitrogens with zero attached hydrogens (tertiary/aromatic N) is 1. The van der Waals surface area contributed by atoms with Crippen LogP contribution in [0.15, 0.2) is 47.4 Å². The number of thioether (sulfide) groups is 1. The summed E-state index contributed by atoms with van der Waals surface area (Å²) in [6.45, 7) is 6.51. The fourth-order valence-electron chi connectivity index (χ4n) is 3.10. The van der Waals surface area contributed by atoms with Gasteiger partial charge >= 0.3 is 0 Å². The quantitative estimate of drug-likeness (QED) is 0.454. The van der Waals surface area contributed by atoms with Crippen LogP contribution in [0.2, 0.25) is 10.0 Å². The Labute approximate surface area is 193 Å². The summed E-state index contributed by atoms with van der Waals surface area (Å²) >= 11 is 14.3. The molecule has 0 fully saturated rings. The van der Waals surface area contributed by atoms with Gasteiger partial charge in [0.05, 0.1) is 0 Å². The Hall–Kier alpha value is -1.69. The van der Waals surface area contributed by atoms with Gasteiger partial charge in [0.15, 0.2) is 0 Å². The van der Waals surface area contributed by atoms with E-state index in [4.69, 9.17) is 23.2 Å². The van der Waals surface area contributed by atoms with E-state index in [2.05, 4.69) is 29.6 Å². The van der Waals surface area contributed by atoms with Crippen LogP contribution >= 0.6 is 35.0 Å². The molecule has 0 saturated heterocycles. The molecule has 0 aliphatic rings. The van der Waals surface area contributed by atoms with Crippen LogP contribution in [0.4, 0.5) is 0 Å². The monoisotopic (exact) mass is 466 g/mol. The summed E-state index contributed by atoms with van der Waals surface area (Å²) in [6, 6.07) is 12.9. The largest absolute Gasteiger partial charge is 0.355 e. The molecule has 0 aromatic heterocycles. The van der Waals surface area contributed by atoms with E-state index in [0.717, 1.165) is 4.90 Å². The Morgan fingerprint density at radius 2 is 1.70 bits per heavy atom. The van der Waals surface area contributed by atoms with Crippen molar-refractivity contribution in [2.24, 2.45) is 0 Å². The van der Waals surface area contributed by atoms with E-state index in [1.807, 2.05) is 20.8 Å². The first-order chi connectivity index (χ1) is 14.4. The number of halogens is 2. The van der Waals surface area contributed by atoms with Gasteiger partial charge in [0.2, 0.25) is 11.8 Å². The van der Waals surface area contributed by atoms with Gasteiger partial charge in [0, 0.05) is 45.8 Å². The number of amides is 2. The summed E-state index contributed by atoms with van der Waals surface area (Å²) in [5.74, 6) is 0.368. The zero-order valence-corrected chi connectivity index (χ0v) is 19.9. The maximum absolute atomic E-state index is 13.2. The lowest BCUT2D eigenvalue weighted by Gasteiger charge is -2.31. The topological polar surface area (TPSA) is 49.4 Å². The summed E-state index contributed by atoms with van der Waals surface area (Å²) in [5.41, 5.74) is 1.86. The van der Waals surface area contributed by atoms with E-state index >= 15 is 0 Å². The smallest absolute Gasteiger partial charge is 0.242 e. The summed E-state index contributed by atoms with van der Waals surface area (Å²) in [4.78, 5) is 28.5. The van der Waals surface area contributed by atoms with Gasteiger partial charge in [-0.2, -0.15) is 0 Å². The minimum absolute atomic E-state index is 0.0938. The van der Waals surface area contributed by atoms with Crippen molar-refractivity contribution in [1.82, 2.24) is 10.2 Å². The van der Waals surface area contributed by atoms with Crippen LogP contribution < -0.4 is 5.32 Å². The van der Waals surface area contributed by atoms with Gasteiger partial charge in [-0.05, 0) is 44.5 Å². The maximum atomic E-state index is 13.2. The number of rotatable bonds is 10. The highest BCUT2D eigenvalue weighted by molar-refractivity contribution is 7.99. The van der Waals surface area contributed by atoms with Crippen molar-refractivity contribution in [3.63, 3.8) is 0 Å². The Balaban J connectivity index is 2.17. The fraction of sp³-hybridized carbons (Fsp3) is 0.391. The van der Waals surface area contributed by atoms with Crippen molar-refractivity contribution >= 4 is 46.8 Å². The molecule has 0 aliphatic carbocycles. The molecule has 1 N–H and O–H groups in total. The van der Waals surface area contributed by atoms with Crippen LogP contribution in [0, 0.1) is 6.92 Å². The Kier molecular flexibility index (Phi) is 10.0. The Bertz CT molecular complexity index is 839. The predicted molar refractivity (Wildman–Crippen MR) is 126 cm³/mol. The van der Waals surface area contributed by atoms with Crippen molar-refractivity contribution in [1.29, 1.82) is 0 Å². The minimum atomic E-state index is -0.575. The molecule has 2 rings (SSSR count). The lowest BCUT2D eigenvalue weighted by molar-refractivity contribution is -0.141. The van der Waals surface area contributed by atoms with Gasteiger partial charge in [-0.3, -0.25) is 9.59 Å². The molecule has 1 atom stereocenters. The third-order valence-corrected chi connectivity index (χ3v) is 6.45. The molecule has 0 bridgehead atoms. The minimum Gasteiger partial charge on any atom is -0.355 e. The van der Waals surface area contributed by atoms with E-state index < -0.39 is 6.04 Å². The van der Waals surface area contributed by atoms with E-state index in [1.165, 1.54) is 5.56 Å². The van der Waals surface area contributed by atoms with E-state index in [1.54, 1.807) is 34.9 Å². The van der Waals surface area contributed by atoms with Crippen molar-refractivity contribution in [3.8, 4) is 0 Å². The van der Waals surface area contributed by atoms with E-state index in [-0.39, 0.29) is 18.4 Å². The third-order valence-electron chi connectivity index (χ3n) is 4.73. The molecular weight excluding hydrogens is 439 g/mol. The van der Waals surface area contributed by atoms with Gasteiger partial charge in [0.25, 0.3) is 0 Å². The molecule has 7 heteroatoms. The first kappa shape index (κ1) is 24.6. The normalized spacial score (nSPS) is 11.8. The van der Waals surface area contributed by atoms with Crippen molar-refractivity contribution in [2.75, 3.05) is 12.3 Å². The number of hydrogen-bond donors (Lipinski definition) is 1. The first-order valence-corrected chi connectivity index (χ1v) is 11.8. The lowest BCUT2D eigenvalue weighted by Crippen LogP contribution is -2.49. The molecule has 0 unspecified atom stereocenters. The van der Waals surface area contributed by atoms with Gasteiger partial charge in [-0.1, -0.05) is 53.9 Å². The molecule has 0 radical (unpaired) electrons. The number of hydrogen-bond acceptors (Lipinski definition) is 3. The van der Waals surface area contributed by atoms with Crippen LogP contribution in [0.3, 0.4) is 0 Å². The Morgan fingerprint density at radius 1 is 1.07 bits per heavy atom. The molecule has 2 aromatic carbocycles. The molecule has 2 amide bonds. The molecule has 0 aliphatic heterocycles. The number of benzene rings is 2. The van der Waals surface area contributed by atoms with Crippen LogP contribution in [-0.2, 0) is 16.1 Å². The Morgan fingerprint density at radius 3 is 2.27 bits per heavy atom. The van der Waals surface area contributed by atoms with Crippen molar-refractivity contribution < 1.29 is 9.59 Å².